The van der Waals surface area contributed by atoms with E-state index in [1.165, 1.54) is 25.9 Å². The number of aromatic nitrogens is 2. The first-order chi connectivity index (χ1) is 12.1. The quantitative estimate of drug-likeness (QED) is 0.879. The van der Waals surface area contributed by atoms with Crippen molar-refractivity contribution in [2.24, 2.45) is 5.92 Å². The normalized spacial score (nSPS) is 16.1. The molecule has 0 aliphatic carbocycles. The van der Waals surface area contributed by atoms with Crippen LogP contribution in [0.2, 0.25) is 0 Å². The lowest BCUT2D eigenvalue weighted by molar-refractivity contribution is 0.0944. The summed E-state index contributed by atoms with van der Waals surface area (Å²) in [5.74, 6) is 0.416. The topological polar surface area (TPSA) is 50.2 Å². The Hall–Kier alpha value is -2.14. The van der Waals surface area contributed by atoms with Crippen LogP contribution in [0.1, 0.15) is 41.4 Å². The Morgan fingerprint density at radius 1 is 1.24 bits per heavy atom. The minimum Gasteiger partial charge on any atom is -0.352 e. The first-order valence-electron chi connectivity index (χ1n) is 9.17. The summed E-state index contributed by atoms with van der Waals surface area (Å²) in [6.45, 7) is 10.3. The molecule has 3 rings (SSSR count). The first-order valence-corrected chi connectivity index (χ1v) is 9.17. The van der Waals surface area contributed by atoms with E-state index in [1.807, 2.05) is 29.8 Å². The minimum atomic E-state index is -0.0365. The minimum absolute atomic E-state index is 0.0365. The molecule has 1 atom stereocenters. The number of hydrogen-bond donors (Lipinski definition) is 1. The summed E-state index contributed by atoms with van der Waals surface area (Å²) < 4.78 is 1.85. The van der Waals surface area contributed by atoms with Gasteiger partial charge in [0.15, 0.2) is 0 Å². The molecule has 2 heterocycles. The Balaban J connectivity index is 1.62. The van der Waals surface area contributed by atoms with E-state index in [2.05, 4.69) is 35.2 Å². The Labute approximate surface area is 150 Å². The zero-order valence-electron chi connectivity index (χ0n) is 15.5. The number of carbonyl (C=O) groups is 1. The van der Waals surface area contributed by atoms with Gasteiger partial charge in [-0.1, -0.05) is 25.1 Å². The van der Waals surface area contributed by atoms with Gasteiger partial charge in [0.25, 0.3) is 5.91 Å². The van der Waals surface area contributed by atoms with Gasteiger partial charge in [-0.15, -0.1) is 0 Å². The number of benzene rings is 1. The van der Waals surface area contributed by atoms with E-state index in [9.17, 15) is 4.79 Å². The molecule has 5 nitrogen and oxygen atoms in total. The Kier molecular flexibility index (Phi) is 5.53. The second kappa shape index (κ2) is 7.83. The molecule has 1 amide bonds. The fraction of sp³-hybridized carbons (Fsp3) is 0.500. The molecule has 1 aromatic heterocycles. The summed E-state index contributed by atoms with van der Waals surface area (Å²) >= 11 is 0. The fourth-order valence-corrected chi connectivity index (χ4v) is 3.51. The van der Waals surface area contributed by atoms with Crippen molar-refractivity contribution >= 4 is 5.91 Å². The predicted octanol–water partition coefficient (Wildman–Crippen LogP) is 2.95. The smallest absolute Gasteiger partial charge is 0.254 e. The van der Waals surface area contributed by atoms with Crippen molar-refractivity contribution in [1.29, 1.82) is 0 Å². The third-order valence-electron chi connectivity index (χ3n) is 4.98. The van der Waals surface area contributed by atoms with Gasteiger partial charge in [-0.05, 0) is 57.3 Å². The lowest BCUT2D eigenvalue weighted by Crippen LogP contribution is -2.34. The molecular formula is C20H28N4O. The van der Waals surface area contributed by atoms with E-state index in [0.717, 1.165) is 23.5 Å². The lowest BCUT2D eigenvalue weighted by Gasteiger charge is -2.20. The van der Waals surface area contributed by atoms with Crippen LogP contribution >= 0.6 is 0 Å². The highest BCUT2D eigenvalue weighted by atomic mass is 16.1. The van der Waals surface area contributed by atoms with Crippen LogP contribution in [0, 0.1) is 19.8 Å². The molecule has 1 aliphatic heterocycles. The van der Waals surface area contributed by atoms with E-state index in [0.29, 0.717) is 18.0 Å². The first kappa shape index (κ1) is 17.7. The van der Waals surface area contributed by atoms with Gasteiger partial charge in [0.2, 0.25) is 0 Å². The van der Waals surface area contributed by atoms with Crippen LogP contribution in [-0.2, 0) is 0 Å². The predicted molar refractivity (Wildman–Crippen MR) is 100 cm³/mol. The van der Waals surface area contributed by atoms with Crippen LogP contribution in [0.25, 0.3) is 5.69 Å². The van der Waals surface area contributed by atoms with Gasteiger partial charge >= 0.3 is 0 Å². The summed E-state index contributed by atoms with van der Waals surface area (Å²) in [5, 5.41) is 7.50. The van der Waals surface area contributed by atoms with E-state index in [4.69, 9.17) is 0 Å². The Morgan fingerprint density at radius 3 is 2.68 bits per heavy atom. The molecule has 5 heteroatoms. The molecule has 1 N–H and O–H groups in total. The molecule has 0 spiro atoms. The third-order valence-corrected chi connectivity index (χ3v) is 4.98. The molecule has 1 aromatic carbocycles. The zero-order valence-corrected chi connectivity index (χ0v) is 15.5. The summed E-state index contributed by atoms with van der Waals surface area (Å²) in [4.78, 5) is 15.0. The van der Waals surface area contributed by atoms with Crippen molar-refractivity contribution in [3.05, 3.63) is 47.3 Å². The zero-order chi connectivity index (χ0) is 17.8. The SMILES string of the molecule is Cc1ccccc1-n1ncc(C(=O)NC[C@@H](C)CN2CCCC2)c1C. The molecule has 1 aliphatic rings. The lowest BCUT2D eigenvalue weighted by atomic mass is 10.1. The van der Waals surface area contributed by atoms with Gasteiger partial charge in [-0.25, -0.2) is 4.68 Å². The molecule has 1 saturated heterocycles. The van der Waals surface area contributed by atoms with Gasteiger partial charge in [0.1, 0.15) is 0 Å². The summed E-state index contributed by atoms with van der Waals surface area (Å²) in [7, 11) is 0. The molecule has 0 bridgehead atoms. The highest BCUT2D eigenvalue weighted by molar-refractivity contribution is 5.95. The van der Waals surface area contributed by atoms with E-state index >= 15 is 0 Å². The Bertz CT molecular complexity index is 731. The van der Waals surface area contributed by atoms with Crippen molar-refractivity contribution in [1.82, 2.24) is 20.0 Å². The number of para-hydroxylation sites is 1. The average molecular weight is 340 g/mol. The number of nitrogens with one attached hydrogen (secondary N) is 1. The number of carbonyl (C=O) groups excluding carboxylic acids is 1. The van der Waals surface area contributed by atoms with Crippen molar-refractivity contribution in [3.8, 4) is 5.69 Å². The Morgan fingerprint density at radius 2 is 1.96 bits per heavy atom. The second-order valence-electron chi connectivity index (χ2n) is 7.16. The third kappa shape index (κ3) is 4.10. The van der Waals surface area contributed by atoms with E-state index in [-0.39, 0.29) is 5.91 Å². The standard InChI is InChI=1S/C20H28N4O/c1-15(14-23-10-6-7-11-23)12-21-20(25)18-13-22-24(17(18)3)19-9-5-4-8-16(19)2/h4-5,8-9,13,15H,6-7,10-12,14H2,1-3H3,(H,21,25)/t15-/m1/s1. The van der Waals surface area contributed by atoms with Gasteiger partial charge in [0, 0.05) is 13.1 Å². The van der Waals surface area contributed by atoms with Crippen molar-refractivity contribution < 1.29 is 4.79 Å². The number of nitrogens with zero attached hydrogens (tertiary/aromatic N) is 3. The van der Waals surface area contributed by atoms with Crippen molar-refractivity contribution in [3.63, 3.8) is 0 Å². The van der Waals surface area contributed by atoms with Gasteiger partial charge < -0.3 is 10.2 Å². The molecule has 0 radical (unpaired) electrons. The second-order valence-corrected chi connectivity index (χ2v) is 7.16. The maximum Gasteiger partial charge on any atom is 0.254 e. The van der Waals surface area contributed by atoms with Gasteiger partial charge in [-0.2, -0.15) is 5.10 Å². The van der Waals surface area contributed by atoms with Crippen molar-refractivity contribution in [2.45, 2.75) is 33.6 Å². The summed E-state index contributed by atoms with van der Waals surface area (Å²) in [5.41, 5.74) is 3.68. The molecule has 2 aromatic rings. The number of likely N-dealkylation sites (tertiary alicyclic amines) is 1. The largest absolute Gasteiger partial charge is 0.352 e. The molecule has 0 unspecified atom stereocenters. The number of aryl methyl sites for hydroxylation is 1. The van der Waals surface area contributed by atoms with Crippen LogP contribution in [0.4, 0.5) is 0 Å². The van der Waals surface area contributed by atoms with Crippen LogP contribution in [0.15, 0.2) is 30.5 Å². The van der Waals surface area contributed by atoms with Gasteiger partial charge in [-0.3, -0.25) is 4.79 Å². The molecule has 1 fully saturated rings. The van der Waals surface area contributed by atoms with E-state index in [1.54, 1.807) is 6.20 Å². The molecular weight excluding hydrogens is 312 g/mol. The number of rotatable bonds is 6. The molecule has 25 heavy (non-hydrogen) atoms. The maximum atomic E-state index is 12.6. The monoisotopic (exact) mass is 340 g/mol. The molecule has 134 valence electrons. The number of hydrogen-bond acceptors (Lipinski definition) is 3. The average Bonchev–Trinajstić information content (AvgIpc) is 3.23. The molecule has 0 saturated carbocycles. The fourth-order valence-electron chi connectivity index (χ4n) is 3.51. The highest BCUT2D eigenvalue weighted by Gasteiger charge is 2.18. The highest BCUT2D eigenvalue weighted by Crippen LogP contribution is 2.17. The summed E-state index contributed by atoms with van der Waals surface area (Å²) in [6, 6.07) is 8.07. The number of amides is 1. The van der Waals surface area contributed by atoms with Crippen LogP contribution < -0.4 is 5.32 Å². The van der Waals surface area contributed by atoms with Crippen LogP contribution in [0.3, 0.4) is 0 Å². The van der Waals surface area contributed by atoms with E-state index < -0.39 is 0 Å². The van der Waals surface area contributed by atoms with Crippen molar-refractivity contribution in [2.75, 3.05) is 26.2 Å². The summed E-state index contributed by atoms with van der Waals surface area (Å²) in [6.07, 6.45) is 4.27. The van der Waals surface area contributed by atoms with Gasteiger partial charge in [0.05, 0.1) is 23.1 Å². The maximum absolute atomic E-state index is 12.6. The van der Waals surface area contributed by atoms with Crippen LogP contribution in [0.5, 0.6) is 0 Å². The van der Waals surface area contributed by atoms with Crippen LogP contribution in [-0.4, -0.2) is 46.8 Å².